The second-order valence-electron chi connectivity index (χ2n) is 5.61. The average Bonchev–Trinajstić information content (AvgIpc) is 2.75. The van der Waals surface area contributed by atoms with Gasteiger partial charge in [0.15, 0.2) is 0 Å². The van der Waals surface area contributed by atoms with Gasteiger partial charge in [0.05, 0.1) is 5.56 Å². The molecule has 4 nitrogen and oxygen atoms in total. The lowest BCUT2D eigenvalue weighted by Crippen LogP contribution is -2.19. The SMILES string of the molecule is CC1CCc2c(sc(NC(=O)CCCCBr)c2C(N)=O)C1. The molecule has 2 amide bonds. The minimum absolute atomic E-state index is 0.0369. The van der Waals surface area contributed by atoms with Gasteiger partial charge in [0, 0.05) is 16.6 Å². The number of fused-ring (bicyclic) bond motifs is 1. The van der Waals surface area contributed by atoms with E-state index in [2.05, 4.69) is 28.2 Å². The van der Waals surface area contributed by atoms with E-state index in [1.807, 2.05) is 0 Å². The Morgan fingerprint density at radius 3 is 2.86 bits per heavy atom. The largest absolute Gasteiger partial charge is 0.365 e. The van der Waals surface area contributed by atoms with Crippen molar-refractivity contribution in [3.05, 3.63) is 16.0 Å². The minimum atomic E-state index is -0.433. The fourth-order valence-electron chi connectivity index (χ4n) is 2.67. The van der Waals surface area contributed by atoms with E-state index in [0.29, 0.717) is 22.9 Å². The van der Waals surface area contributed by atoms with E-state index in [-0.39, 0.29) is 5.91 Å². The molecule has 0 fully saturated rings. The number of hydrogen-bond acceptors (Lipinski definition) is 3. The molecule has 2 rings (SSSR count). The third-order valence-corrected chi connectivity index (χ3v) is 5.53. The summed E-state index contributed by atoms with van der Waals surface area (Å²) in [7, 11) is 0. The van der Waals surface area contributed by atoms with Gasteiger partial charge in [-0.1, -0.05) is 22.9 Å². The topological polar surface area (TPSA) is 72.2 Å². The van der Waals surface area contributed by atoms with Crippen LogP contribution in [0.4, 0.5) is 5.00 Å². The van der Waals surface area contributed by atoms with Crippen LogP contribution >= 0.6 is 27.3 Å². The van der Waals surface area contributed by atoms with Crippen molar-refractivity contribution in [1.82, 2.24) is 0 Å². The van der Waals surface area contributed by atoms with Crippen molar-refractivity contribution in [3.63, 3.8) is 0 Å². The number of anilines is 1. The first-order chi connectivity index (χ1) is 10.0. The number of hydrogen-bond donors (Lipinski definition) is 2. The molecule has 116 valence electrons. The maximum Gasteiger partial charge on any atom is 0.251 e. The van der Waals surface area contributed by atoms with Crippen molar-refractivity contribution in [1.29, 1.82) is 0 Å². The maximum absolute atomic E-state index is 12.0. The number of unbranched alkanes of at least 4 members (excludes halogenated alkanes) is 1. The second-order valence-corrected chi connectivity index (χ2v) is 7.51. The van der Waals surface area contributed by atoms with Crippen LogP contribution in [0, 0.1) is 5.92 Å². The third kappa shape index (κ3) is 4.07. The molecule has 1 aliphatic carbocycles. The molecular formula is C15H21BrN2O2S. The quantitative estimate of drug-likeness (QED) is 0.592. The van der Waals surface area contributed by atoms with Gasteiger partial charge in [-0.25, -0.2) is 0 Å². The van der Waals surface area contributed by atoms with Crippen molar-refractivity contribution >= 4 is 44.1 Å². The first-order valence-corrected chi connectivity index (χ1v) is 9.26. The lowest BCUT2D eigenvalue weighted by atomic mass is 9.88. The number of alkyl halides is 1. The summed E-state index contributed by atoms with van der Waals surface area (Å²) in [6.45, 7) is 2.21. The van der Waals surface area contributed by atoms with Gasteiger partial charge in [-0.3, -0.25) is 9.59 Å². The van der Waals surface area contributed by atoms with Crippen LogP contribution in [-0.4, -0.2) is 17.1 Å². The number of carbonyl (C=O) groups is 2. The molecular weight excluding hydrogens is 352 g/mol. The zero-order valence-corrected chi connectivity index (χ0v) is 14.6. The predicted octanol–water partition coefficient (Wildman–Crippen LogP) is 3.48. The van der Waals surface area contributed by atoms with Crippen LogP contribution in [0.15, 0.2) is 0 Å². The van der Waals surface area contributed by atoms with Gasteiger partial charge in [-0.05, 0) is 43.6 Å². The predicted molar refractivity (Wildman–Crippen MR) is 90.3 cm³/mol. The highest BCUT2D eigenvalue weighted by Crippen LogP contribution is 2.39. The van der Waals surface area contributed by atoms with Crippen LogP contribution in [0.2, 0.25) is 0 Å². The fourth-order valence-corrected chi connectivity index (χ4v) is 4.50. The summed E-state index contributed by atoms with van der Waals surface area (Å²) in [6.07, 6.45) is 5.20. The maximum atomic E-state index is 12.0. The number of nitrogens with two attached hydrogens (primary N) is 1. The van der Waals surface area contributed by atoms with E-state index in [9.17, 15) is 9.59 Å². The number of amides is 2. The first kappa shape index (κ1) is 16.5. The molecule has 6 heteroatoms. The number of nitrogens with one attached hydrogen (secondary N) is 1. The number of rotatable bonds is 6. The number of halogens is 1. The van der Waals surface area contributed by atoms with E-state index in [0.717, 1.165) is 43.0 Å². The van der Waals surface area contributed by atoms with Crippen molar-refractivity contribution in [2.75, 3.05) is 10.6 Å². The molecule has 1 aliphatic rings. The molecule has 0 saturated carbocycles. The Bertz CT molecular complexity index is 542. The standard InChI is InChI=1S/C15H21BrN2O2S/c1-9-5-6-10-11(8-9)21-15(13(10)14(17)20)18-12(19)4-2-3-7-16/h9H,2-8H2,1H3,(H2,17,20)(H,18,19). The summed E-state index contributed by atoms with van der Waals surface area (Å²) in [5, 5.41) is 4.43. The van der Waals surface area contributed by atoms with Gasteiger partial charge in [-0.15, -0.1) is 11.3 Å². The van der Waals surface area contributed by atoms with Gasteiger partial charge in [0.25, 0.3) is 5.91 Å². The molecule has 0 aliphatic heterocycles. The van der Waals surface area contributed by atoms with Crippen molar-refractivity contribution in [2.45, 2.75) is 45.4 Å². The Morgan fingerprint density at radius 2 is 2.19 bits per heavy atom. The highest BCUT2D eigenvalue weighted by atomic mass is 79.9. The van der Waals surface area contributed by atoms with E-state index in [1.165, 1.54) is 16.2 Å². The molecule has 0 aromatic carbocycles. The summed E-state index contributed by atoms with van der Waals surface area (Å²) in [4.78, 5) is 24.9. The number of thiophene rings is 1. The molecule has 3 N–H and O–H groups in total. The van der Waals surface area contributed by atoms with Crippen LogP contribution in [0.3, 0.4) is 0 Å². The van der Waals surface area contributed by atoms with Gasteiger partial charge in [0.1, 0.15) is 5.00 Å². The molecule has 21 heavy (non-hydrogen) atoms. The zero-order valence-electron chi connectivity index (χ0n) is 12.2. The molecule has 1 unspecified atom stereocenters. The monoisotopic (exact) mass is 372 g/mol. The summed E-state index contributed by atoms with van der Waals surface area (Å²) >= 11 is 4.87. The van der Waals surface area contributed by atoms with Crippen molar-refractivity contribution in [3.8, 4) is 0 Å². The summed E-state index contributed by atoms with van der Waals surface area (Å²) in [5.41, 5.74) is 7.12. The lowest BCUT2D eigenvalue weighted by Gasteiger charge is -2.18. The molecule has 0 radical (unpaired) electrons. The van der Waals surface area contributed by atoms with Crippen LogP contribution in [-0.2, 0) is 17.6 Å². The molecule has 1 aromatic heterocycles. The third-order valence-electron chi connectivity index (χ3n) is 3.80. The Kier molecular flexibility index (Phi) is 5.81. The molecule has 1 heterocycles. The normalized spacial score (nSPS) is 17.3. The Balaban J connectivity index is 2.15. The van der Waals surface area contributed by atoms with Gasteiger partial charge >= 0.3 is 0 Å². The molecule has 1 atom stereocenters. The van der Waals surface area contributed by atoms with Crippen LogP contribution in [0.5, 0.6) is 0 Å². The first-order valence-electron chi connectivity index (χ1n) is 7.33. The lowest BCUT2D eigenvalue weighted by molar-refractivity contribution is -0.116. The highest BCUT2D eigenvalue weighted by molar-refractivity contribution is 9.09. The van der Waals surface area contributed by atoms with E-state index >= 15 is 0 Å². The smallest absolute Gasteiger partial charge is 0.251 e. The van der Waals surface area contributed by atoms with E-state index in [4.69, 9.17) is 5.73 Å². The average molecular weight is 373 g/mol. The van der Waals surface area contributed by atoms with Gasteiger partial charge in [0.2, 0.25) is 5.91 Å². The fraction of sp³-hybridized carbons (Fsp3) is 0.600. The molecule has 1 aromatic rings. The Labute approximate surface area is 137 Å². The number of carbonyl (C=O) groups excluding carboxylic acids is 2. The van der Waals surface area contributed by atoms with Crippen LogP contribution in [0.1, 0.15) is 53.4 Å². The summed E-state index contributed by atoms with van der Waals surface area (Å²) < 4.78 is 0. The van der Waals surface area contributed by atoms with Gasteiger partial charge < -0.3 is 11.1 Å². The molecule has 0 bridgehead atoms. The minimum Gasteiger partial charge on any atom is -0.365 e. The van der Waals surface area contributed by atoms with E-state index in [1.54, 1.807) is 0 Å². The molecule has 0 saturated heterocycles. The van der Waals surface area contributed by atoms with Crippen molar-refractivity contribution in [2.24, 2.45) is 11.7 Å². The van der Waals surface area contributed by atoms with Crippen LogP contribution < -0.4 is 11.1 Å². The Hall–Kier alpha value is -0.880. The van der Waals surface area contributed by atoms with Crippen LogP contribution in [0.25, 0.3) is 0 Å². The van der Waals surface area contributed by atoms with Crippen molar-refractivity contribution < 1.29 is 9.59 Å². The zero-order chi connectivity index (χ0) is 15.4. The highest BCUT2D eigenvalue weighted by Gasteiger charge is 2.27. The second kappa shape index (κ2) is 7.40. The summed E-state index contributed by atoms with van der Waals surface area (Å²) in [6, 6.07) is 0. The Morgan fingerprint density at radius 1 is 1.43 bits per heavy atom. The summed E-state index contributed by atoms with van der Waals surface area (Å²) in [5.74, 6) is 0.155. The number of primary amides is 1. The van der Waals surface area contributed by atoms with Gasteiger partial charge in [-0.2, -0.15) is 0 Å². The van der Waals surface area contributed by atoms with E-state index < -0.39 is 5.91 Å². The molecule has 0 spiro atoms.